The highest BCUT2D eigenvalue weighted by molar-refractivity contribution is 5.24. The average Bonchev–Trinajstić information content (AvgIpc) is 2.87. The summed E-state index contributed by atoms with van der Waals surface area (Å²) in [6.07, 6.45) is 11.1. The third kappa shape index (κ3) is 1.83. The molecule has 0 bridgehead atoms. The molecule has 1 aromatic rings. The molecule has 1 fully saturated rings. The van der Waals surface area contributed by atoms with Crippen molar-refractivity contribution in [2.45, 2.75) is 57.0 Å². The number of rotatable bonds is 2. The van der Waals surface area contributed by atoms with Crippen molar-refractivity contribution in [2.75, 3.05) is 0 Å². The molecule has 1 aromatic heterocycles. The van der Waals surface area contributed by atoms with Gasteiger partial charge in [-0.1, -0.05) is 12.8 Å². The Balaban J connectivity index is 1.72. The number of furan rings is 1. The van der Waals surface area contributed by atoms with Gasteiger partial charge in [0.1, 0.15) is 5.76 Å². The standard InChI is InChI=1S/C13H19NO/c1-2-5-10(4-1)14-12-6-3-7-13-11(12)8-9-15-13/h8-10,12,14H,1-7H2. The second kappa shape index (κ2) is 4.01. The van der Waals surface area contributed by atoms with Crippen LogP contribution in [0.15, 0.2) is 16.7 Å². The van der Waals surface area contributed by atoms with Crippen molar-refractivity contribution < 1.29 is 4.42 Å². The molecule has 1 saturated carbocycles. The number of hydrogen-bond acceptors (Lipinski definition) is 2. The highest BCUT2D eigenvalue weighted by Crippen LogP contribution is 2.32. The highest BCUT2D eigenvalue weighted by Gasteiger charge is 2.25. The highest BCUT2D eigenvalue weighted by atomic mass is 16.3. The van der Waals surface area contributed by atoms with Crippen LogP contribution >= 0.6 is 0 Å². The number of hydrogen-bond donors (Lipinski definition) is 1. The topological polar surface area (TPSA) is 25.2 Å². The van der Waals surface area contributed by atoms with Crippen LogP contribution in [-0.4, -0.2) is 6.04 Å². The molecule has 2 nitrogen and oxygen atoms in total. The Labute approximate surface area is 91.0 Å². The molecule has 0 amide bonds. The predicted molar refractivity (Wildman–Crippen MR) is 59.8 cm³/mol. The number of aryl methyl sites for hydroxylation is 1. The van der Waals surface area contributed by atoms with Crippen molar-refractivity contribution in [3.05, 3.63) is 23.7 Å². The molecule has 1 heterocycles. The monoisotopic (exact) mass is 205 g/mol. The Morgan fingerprint density at radius 1 is 1.13 bits per heavy atom. The van der Waals surface area contributed by atoms with Crippen LogP contribution in [0.5, 0.6) is 0 Å². The molecular formula is C13H19NO. The predicted octanol–water partition coefficient (Wildman–Crippen LogP) is 3.19. The first-order chi connectivity index (χ1) is 7.43. The normalized spacial score (nSPS) is 26.8. The first-order valence-corrected chi connectivity index (χ1v) is 6.26. The summed E-state index contributed by atoms with van der Waals surface area (Å²) >= 11 is 0. The fraction of sp³-hybridized carbons (Fsp3) is 0.692. The van der Waals surface area contributed by atoms with Crippen molar-refractivity contribution in [3.63, 3.8) is 0 Å². The van der Waals surface area contributed by atoms with Gasteiger partial charge in [0.2, 0.25) is 0 Å². The molecule has 1 unspecified atom stereocenters. The molecule has 0 aromatic carbocycles. The SMILES string of the molecule is c1cc2c(o1)CCCC2NC1CCCC1. The van der Waals surface area contributed by atoms with Crippen LogP contribution < -0.4 is 5.32 Å². The van der Waals surface area contributed by atoms with Gasteiger partial charge in [0.15, 0.2) is 0 Å². The molecule has 3 rings (SSSR count). The Morgan fingerprint density at radius 2 is 2.00 bits per heavy atom. The molecule has 1 atom stereocenters. The Kier molecular flexibility index (Phi) is 2.53. The second-order valence-corrected chi connectivity index (χ2v) is 4.89. The minimum atomic E-state index is 0.565. The van der Waals surface area contributed by atoms with Gasteiger partial charge in [0, 0.05) is 24.1 Å². The smallest absolute Gasteiger partial charge is 0.108 e. The Morgan fingerprint density at radius 3 is 2.87 bits per heavy atom. The summed E-state index contributed by atoms with van der Waals surface area (Å²) in [7, 11) is 0. The molecule has 0 spiro atoms. The molecule has 0 saturated heterocycles. The first-order valence-electron chi connectivity index (χ1n) is 6.26. The van der Waals surface area contributed by atoms with Crippen molar-refractivity contribution in [1.29, 1.82) is 0 Å². The maximum Gasteiger partial charge on any atom is 0.108 e. The van der Waals surface area contributed by atoms with E-state index < -0.39 is 0 Å². The fourth-order valence-electron chi connectivity index (χ4n) is 3.04. The molecule has 2 aliphatic carbocycles. The molecule has 0 aliphatic heterocycles. The van der Waals surface area contributed by atoms with Gasteiger partial charge < -0.3 is 9.73 Å². The van der Waals surface area contributed by atoms with Crippen LogP contribution in [0.25, 0.3) is 0 Å². The summed E-state index contributed by atoms with van der Waals surface area (Å²) in [6, 6.07) is 3.48. The Bertz CT molecular complexity index is 325. The van der Waals surface area contributed by atoms with Crippen LogP contribution in [-0.2, 0) is 6.42 Å². The van der Waals surface area contributed by atoms with Crippen LogP contribution in [0.3, 0.4) is 0 Å². The lowest BCUT2D eigenvalue weighted by atomic mass is 9.93. The molecule has 1 N–H and O–H groups in total. The maximum atomic E-state index is 5.51. The number of nitrogens with one attached hydrogen (secondary N) is 1. The third-order valence-electron chi connectivity index (χ3n) is 3.84. The van der Waals surface area contributed by atoms with Crippen molar-refractivity contribution in [2.24, 2.45) is 0 Å². The quantitative estimate of drug-likeness (QED) is 0.802. The summed E-state index contributed by atoms with van der Waals surface area (Å²) < 4.78 is 5.51. The van der Waals surface area contributed by atoms with Gasteiger partial charge in [0.05, 0.1) is 6.26 Å². The molecule has 0 radical (unpaired) electrons. The zero-order chi connectivity index (χ0) is 10.1. The van der Waals surface area contributed by atoms with Gasteiger partial charge in [-0.05, 0) is 31.7 Å². The van der Waals surface area contributed by atoms with Crippen LogP contribution in [0.4, 0.5) is 0 Å². The first kappa shape index (κ1) is 9.46. The van der Waals surface area contributed by atoms with Gasteiger partial charge in [-0.15, -0.1) is 0 Å². The summed E-state index contributed by atoms with van der Waals surface area (Å²) in [5, 5.41) is 3.80. The van der Waals surface area contributed by atoms with Crippen LogP contribution in [0, 0.1) is 0 Å². The van der Waals surface area contributed by atoms with E-state index in [0.29, 0.717) is 6.04 Å². The van der Waals surface area contributed by atoms with E-state index in [-0.39, 0.29) is 0 Å². The molecule has 2 aliphatic rings. The summed E-state index contributed by atoms with van der Waals surface area (Å²) in [5.74, 6) is 1.22. The lowest BCUT2D eigenvalue weighted by Gasteiger charge is -2.26. The van der Waals surface area contributed by atoms with Gasteiger partial charge in [-0.3, -0.25) is 0 Å². The molecule has 2 heteroatoms. The fourth-order valence-corrected chi connectivity index (χ4v) is 3.04. The Hall–Kier alpha value is -0.760. The van der Waals surface area contributed by atoms with E-state index in [4.69, 9.17) is 4.42 Å². The van der Waals surface area contributed by atoms with E-state index in [1.165, 1.54) is 49.8 Å². The van der Waals surface area contributed by atoms with Crippen molar-refractivity contribution >= 4 is 0 Å². The minimum Gasteiger partial charge on any atom is -0.469 e. The van der Waals surface area contributed by atoms with Crippen molar-refractivity contribution in [3.8, 4) is 0 Å². The van der Waals surface area contributed by atoms with Crippen LogP contribution in [0.2, 0.25) is 0 Å². The van der Waals surface area contributed by atoms with Crippen LogP contribution in [0.1, 0.15) is 55.9 Å². The third-order valence-corrected chi connectivity index (χ3v) is 3.84. The largest absolute Gasteiger partial charge is 0.469 e. The van der Waals surface area contributed by atoms with Crippen molar-refractivity contribution in [1.82, 2.24) is 5.32 Å². The summed E-state index contributed by atoms with van der Waals surface area (Å²) in [4.78, 5) is 0. The number of fused-ring (bicyclic) bond motifs is 1. The lowest BCUT2D eigenvalue weighted by molar-refractivity contribution is 0.374. The summed E-state index contributed by atoms with van der Waals surface area (Å²) in [6.45, 7) is 0. The molecule has 82 valence electrons. The molecule has 15 heavy (non-hydrogen) atoms. The molecular weight excluding hydrogens is 186 g/mol. The zero-order valence-electron chi connectivity index (χ0n) is 9.17. The van der Waals surface area contributed by atoms with E-state index in [1.807, 2.05) is 6.26 Å². The van der Waals surface area contributed by atoms with E-state index in [1.54, 1.807) is 0 Å². The van der Waals surface area contributed by atoms with Gasteiger partial charge in [0.25, 0.3) is 0 Å². The average molecular weight is 205 g/mol. The maximum absolute atomic E-state index is 5.51. The zero-order valence-corrected chi connectivity index (χ0v) is 9.17. The summed E-state index contributed by atoms with van der Waals surface area (Å²) in [5.41, 5.74) is 1.42. The van der Waals surface area contributed by atoms with Gasteiger partial charge >= 0.3 is 0 Å². The van der Waals surface area contributed by atoms with E-state index >= 15 is 0 Å². The van der Waals surface area contributed by atoms with E-state index in [0.717, 1.165) is 12.5 Å². The van der Waals surface area contributed by atoms with E-state index in [9.17, 15) is 0 Å². The lowest BCUT2D eigenvalue weighted by Crippen LogP contribution is -2.32. The second-order valence-electron chi connectivity index (χ2n) is 4.89. The van der Waals surface area contributed by atoms with E-state index in [2.05, 4.69) is 11.4 Å². The minimum absolute atomic E-state index is 0.565. The van der Waals surface area contributed by atoms with Gasteiger partial charge in [-0.2, -0.15) is 0 Å². The van der Waals surface area contributed by atoms with Gasteiger partial charge in [-0.25, -0.2) is 0 Å².